The standard InChI is InChI=1S/C30H29BO2.C24H17Br.C18H15BO2.C6H4BrI/c1-29(2)30(3,4)33-31(32-29)28-17-11-16-24(21-28)27-19-25(22-12-7-5-8-13-22)18-26(20-27)23-14-9-6-10-15-23;25-24-13-7-12-20(17-24)23-15-21(18-8-3-1-4-9-18)14-22(16-23)19-10-5-2-6-11-19;20-19(21)18-12-16(14-7-3-1-4-8-14)11-17(13-18)15-9-5-2-6-10-15;7-5-2-1-3-6(8)4-5/h5-21H,1-4H3;1-17H;1-4,7-13,20-21H,5H2;1-4H. The van der Waals surface area contributed by atoms with Gasteiger partial charge in [0.2, 0.25) is 0 Å². The highest BCUT2D eigenvalue weighted by Crippen LogP contribution is 2.39. The molecule has 0 saturated carbocycles. The lowest BCUT2D eigenvalue weighted by Crippen LogP contribution is -2.41. The molecule has 2 N–H and O–H groups in total. The number of benzene rings is 11. The molecule has 1 fully saturated rings. The molecule has 11 aromatic carbocycles. The van der Waals surface area contributed by atoms with Crippen molar-refractivity contribution in [1.82, 2.24) is 0 Å². The third kappa shape index (κ3) is 16.7. The summed E-state index contributed by atoms with van der Waals surface area (Å²) in [6.45, 7) is 8.36. The maximum Gasteiger partial charge on any atom is 0.494 e. The average Bonchev–Trinajstić information content (AvgIpc) is 2.51. The fourth-order valence-corrected chi connectivity index (χ4v) is 11.9. The fraction of sp³-hybridized carbons (Fsp3) is 0.0897. The molecule has 0 atom stereocenters. The van der Waals surface area contributed by atoms with Crippen LogP contribution in [0.5, 0.6) is 0 Å². The van der Waals surface area contributed by atoms with Gasteiger partial charge in [0.1, 0.15) is 0 Å². The monoisotopic (exact) mass is 1370 g/mol. The van der Waals surface area contributed by atoms with Crippen LogP contribution in [0.3, 0.4) is 0 Å². The lowest BCUT2D eigenvalue weighted by atomic mass is 9.77. The van der Waals surface area contributed by atoms with Crippen molar-refractivity contribution in [3.8, 4) is 77.9 Å². The van der Waals surface area contributed by atoms with Gasteiger partial charge in [-0.1, -0.05) is 244 Å². The van der Waals surface area contributed by atoms with E-state index < -0.39 is 7.12 Å². The summed E-state index contributed by atoms with van der Waals surface area (Å²) >= 11 is 9.22. The van der Waals surface area contributed by atoms with E-state index in [9.17, 15) is 10.0 Å². The molecule has 87 heavy (non-hydrogen) atoms. The molecule has 1 aliphatic heterocycles. The molecule has 0 spiro atoms. The summed E-state index contributed by atoms with van der Waals surface area (Å²) in [4.78, 5) is 0. The predicted molar refractivity (Wildman–Crippen MR) is 383 cm³/mol. The lowest BCUT2D eigenvalue weighted by molar-refractivity contribution is 0.00578. The zero-order chi connectivity index (χ0) is 60.8. The Bertz CT molecular complexity index is 4040. The highest BCUT2D eigenvalue weighted by atomic mass is 127. The van der Waals surface area contributed by atoms with Gasteiger partial charge >= 0.3 is 14.2 Å². The van der Waals surface area contributed by atoms with Crippen molar-refractivity contribution in [3.63, 3.8) is 0 Å². The van der Waals surface area contributed by atoms with E-state index in [1.165, 1.54) is 64.8 Å². The fourth-order valence-electron chi connectivity index (χ4n) is 10.2. The molecular formula is C78H65B2Br2IO4. The van der Waals surface area contributed by atoms with Crippen LogP contribution in [0.2, 0.25) is 0 Å². The summed E-state index contributed by atoms with van der Waals surface area (Å²) in [6.07, 6.45) is 6.83. The van der Waals surface area contributed by atoms with E-state index in [1.807, 2.05) is 66.7 Å². The second kappa shape index (κ2) is 29.4. The molecule has 0 unspecified atom stereocenters. The van der Waals surface area contributed by atoms with E-state index in [0.29, 0.717) is 5.46 Å². The molecule has 428 valence electrons. The van der Waals surface area contributed by atoms with Crippen LogP contribution >= 0.6 is 54.5 Å². The van der Waals surface area contributed by atoms with Crippen molar-refractivity contribution in [1.29, 1.82) is 0 Å². The number of halogens is 3. The Hall–Kier alpha value is -7.66. The first kappa shape index (κ1) is 62.4. The first-order valence-corrected chi connectivity index (χ1v) is 31.6. The van der Waals surface area contributed by atoms with Gasteiger partial charge in [0.05, 0.1) is 11.2 Å². The Morgan fingerprint density at radius 2 is 0.736 bits per heavy atom. The molecule has 13 rings (SSSR count). The van der Waals surface area contributed by atoms with E-state index in [2.05, 4.69) is 318 Å². The second-order valence-corrected chi connectivity index (χ2v) is 25.3. The van der Waals surface area contributed by atoms with Gasteiger partial charge < -0.3 is 19.4 Å². The maximum atomic E-state index is 9.52. The normalized spacial score (nSPS) is 13.4. The van der Waals surface area contributed by atoms with Crippen molar-refractivity contribution in [2.24, 2.45) is 0 Å². The summed E-state index contributed by atoms with van der Waals surface area (Å²) in [7, 11) is -1.85. The van der Waals surface area contributed by atoms with Crippen LogP contribution in [0.1, 0.15) is 39.7 Å². The van der Waals surface area contributed by atoms with E-state index in [1.54, 1.807) is 0 Å². The van der Waals surface area contributed by atoms with Crippen LogP contribution in [0, 0.1) is 3.57 Å². The Morgan fingerprint density at radius 1 is 0.391 bits per heavy atom. The quantitative estimate of drug-likeness (QED) is 0.0814. The number of hydrogen-bond acceptors (Lipinski definition) is 4. The first-order valence-electron chi connectivity index (χ1n) is 29.0. The average molecular weight is 1370 g/mol. The van der Waals surface area contributed by atoms with Gasteiger partial charge in [0.15, 0.2) is 0 Å². The van der Waals surface area contributed by atoms with E-state index in [-0.39, 0.29) is 18.3 Å². The molecule has 11 aromatic rings. The molecule has 1 heterocycles. The van der Waals surface area contributed by atoms with Crippen LogP contribution in [-0.4, -0.2) is 35.5 Å². The molecule has 0 bridgehead atoms. The molecule has 1 saturated heterocycles. The summed E-state index contributed by atoms with van der Waals surface area (Å²) in [5, 5.41) is 19.0. The van der Waals surface area contributed by atoms with Crippen LogP contribution in [0.4, 0.5) is 0 Å². The van der Waals surface area contributed by atoms with Crippen LogP contribution in [-0.2, 0) is 9.31 Å². The van der Waals surface area contributed by atoms with E-state index in [4.69, 9.17) is 9.31 Å². The van der Waals surface area contributed by atoms with Gasteiger partial charge in [-0.05, 0) is 242 Å². The van der Waals surface area contributed by atoms with Crippen LogP contribution < -0.4 is 10.9 Å². The van der Waals surface area contributed by atoms with Crippen molar-refractivity contribution in [2.75, 3.05) is 0 Å². The Morgan fingerprint density at radius 3 is 1.10 bits per heavy atom. The topological polar surface area (TPSA) is 58.9 Å². The number of hydrogen-bond donors (Lipinski definition) is 2. The Labute approximate surface area is 544 Å². The smallest absolute Gasteiger partial charge is 0.423 e. The Kier molecular flexibility index (Phi) is 21.1. The van der Waals surface area contributed by atoms with Crippen LogP contribution in [0.25, 0.3) is 83.5 Å². The number of rotatable bonds is 10. The molecule has 4 nitrogen and oxygen atoms in total. The van der Waals surface area contributed by atoms with Crippen molar-refractivity contribution in [3.05, 3.63) is 321 Å². The molecule has 0 radical (unpaired) electrons. The van der Waals surface area contributed by atoms with Crippen LogP contribution in [0.15, 0.2) is 312 Å². The van der Waals surface area contributed by atoms with Crippen molar-refractivity contribution < 1.29 is 19.4 Å². The summed E-state index contributed by atoms with van der Waals surface area (Å²) in [5.74, 6) is 0. The minimum atomic E-state index is -1.48. The largest absolute Gasteiger partial charge is 0.494 e. The van der Waals surface area contributed by atoms with Gasteiger partial charge in [-0.3, -0.25) is 0 Å². The minimum Gasteiger partial charge on any atom is -0.423 e. The van der Waals surface area contributed by atoms with Crippen molar-refractivity contribution >= 4 is 85.2 Å². The lowest BCUT2D eigenvalue weighted by Gasteiger charge is -2.32. The first-order chi connectivity index (χ1) is 42.1. The van der Waals surface area contributed by atoms with Gasteiger partial charge in [0, 0.05) is 12.5 Å². The van der Waals surface area contributed by atoms with E-state index in [0.717, 1.165) is 48.7 Å². The molecule has 0 amide bonds. The Balaban J connectivity index is 0.000000138. The van der Waals surface area contributed by atoms with Crippen molar-refractivity contribution in [2.45, 2.75) is 45.3 Å². The highest BCUT2D eigenvalue weighted by Gasteiger charge is 2.51. The van der Waals surface area contributed by atoms with Gasteiger partial charge in [-0.25, -0.2) is 0 Å². The minimum absolute atomic E-state index is 0.360. The zero-order valence-corrected chi connectivity index (χ0v) is 54.3. The predicted octanol–water partition coefficient (Wildman–Crippen LogP) is 20.0. The maximum absolute atomic E-state index is 9.52. The summed E-state index contributed by atoms with van der Waals surface area (Å²) < 4.78 is 16.1. The SMILES string of the molecule is Brc1cccc(-c2cc(-c3ccccc3)cc(-c3ccccc3)c2)c1.Brc1cccc(I)c1.CC1(C)OB(c2cccc(-c3cc(-c4ccccc4)cc(-c4ccccc4)c3)c2)OC1(C)C.OB(O)c1cc(C2=CCC=C=C2)cc(-c2ccccc2)c1. The highest BCUT2D eigenvalue weighted by molar-refractivity contribution is 14.1. The number of allylic oxidation sites excluding steroid dienone is 3. The van der Waals surface area contributed by atoms with Gasteiger partial charge in [-0.15, -0.1) is 5.73 Å². The molecule has 9 heteroatoms. The molecule has 1 aliphatic carbocycles. The third-order valence-electron chi connectivity index (χ3n) is 15.5. The third-order valence-corrected chi connectivity index (χ3v) is 17.1. The second-order valence-electron chi connectivity index (χ2n) is 22.2. The molecule has 2 aliphatic rings. The van der Waals surface area contributed by atoms with E-state index >= 15 is 0 Å². The zero-order valence-electron chi connectivity index (χ0n) is 49.0. The summed E-state index contributed by atoms with van der Waals surface area (Å²) in [6, 6.07) is 96.6. The van der Waals surface area contributed by atoms with Gasteiger partial charge in [-0.2, -0.15) is 0 Å². The molecular weight excluding hydrogens is 1310 g/mol. The molecule has 0 aromatic heterocycles. The van der Waals surface area contributed by atoms with Gasteiger partial charge in [0.25, 0.3) is 0 Å². The summed E-state index contributed by atoms with van der Waals surface area (Å²) in [5.41, 5.74) is 22.5.